The number of carbonyl (C=O) groups excluding carboxylic acids is 3. The first-order valence-electron chi connectivity index (χ1n) is 7.80. The molecule has 118 valence electrons. The largest absolute Gasteiger partial charge is 0.349 e. The molecule has 1 unspecified atom stereocenters. The zero-order valence-corrected chi connectivity index (χ0v) is 12.9. The molecule has 0 aromatic rings. The zero-order chi connectivity index (χ0) is 15.4. The van der Waals surface area contributed by atoms with Crippen molar-refractivity contribution in [2.45, 2.75) is 57.0 Å². The number of nitrogens with zero attached hydrogens (tertiary/aromatic N) is 2. The number of imide groups is 1. The van der Waals surface area contributed by atoms with Crippen LogP contribution in [0.2, 0.25) is 0 Å². The molecule has 2 rings (SSSR count). The number of rotatable bonds is 5. The number of likely N-dealkylation sites (tertiary alicyclic amines) is 1. The number of hydrogen-bond donors (Lipinski definition) is 1. The van der Waals surface area contributed by atoms with Crippen molar-refractivity contribution >= 4 is 17.7 Å². The molecule has 0 spiro atoms. The molecule has 1 heterocycles. The fraction of sp³-hybridized carbons (Fsp3) is 0.800. The first kappa shape index (κ1) is 15.9. The second-order valence-electron chi connectivity index (χ2n) is 6.14. The van der Waals surface area contributed by atoms with Gasteiger partial charge in [0, 0.05) is 33.1 Å². The third kappa shape index (κ3) is 3.81. The van der Waals surface area contributed by atoms with Crippen molar-refractivity contribution in [3.05, 3.63) is 0 Å². The van der Waals surface area contributed by atoms with Crippen molar-refractivity contribution in [2.24, 2.45) is 0 Å². The van der Waals surface area contributed by atoms with E-state index in [-0.39, 0.29) is 30.2 Å². The zero-order valence-electron chi connectivity index (χ0n) is 12.9. The summed E-state index contributed by atoms with van der Waals surface area (Å²) in [5.74, 6) is -0.157. The van der Waals surface area contributed by atoms with Crippen LogP contribution in [0.4, 0.5) is 0 Å². The highest BCUT2D eigenvalue weighted by Crippen LogP contribution is 2.27. The van der Waals surface area contributed by atoms with E-state index in [0.29, 0.717) is 13.0 Å². The molecule has 1 N–H and O–H groups in total. The highest BCUT2D eigenvalue weighted by atomic mass is 16.2. The van der Waals surface area contributed by atoms with Gasteiger partial charge in [-0.2, -0.15) is 0 Å². The summed E-state index contributed by atoms with van der Waals surface area (Å²) in [6, 6.07) is -0.358. The van der Waals surface area contributed by atoms with Crippen LogP contribution in [0.3, 0.4) is 0 Å². The maximum atomic E-state index is 12.4. The Morgan fingerprint density at radius 3 is 2.52 bits per heavy atom. The van der Waals surface area contributed by atoms with Crippen LogP contribution in [-0.4, -0.2) is 60.2 Å². The van der Waals surface area contributed by atoms with E-state index < -0.39 is 6.04 Å². The fourth-order valence-electron chi connectivity index (χ4n) is 3.11. The van der Waals surface area contributed by atoms with Gasteiger partial charge in [-0.1, -0.05) is 19.3 Å². The lowest BCUT2D eigenvalue weighted by Gasteiger charge is -2.29. The van der Waals surface area contributed by atoms with Gasteiger partial charge >= 0.3 is 0 Å². The SMILES string of the molecule is CN(C)C(=O)CCNC1CC(=O)N(C2CCCCC2)C1=O. The Hall–Kier alpha value is -1.43. The third-order valence-electron chi connectivity index (χ3n) is 4.35. The maximum absolute atomic E-state index is 12.4. The first-order chi connectivity index (χ1) is 10.0. The number of nitrogens with one attached hydrogen (secondary N) is 1. The summed E-state index contributed by atoms with van der Waals surface area (Å²) >= 11 is 0. The summed E-state index contributed by atoms with van der Waals surface area (Å²) in [6.45, 7) is 0.430. The quantitative estimate of drug-likeness (QED) is 0.751. The van der Waals surface area contributed by atoms with Crippen molar-refractivity contribution in [3.8, 4) is 0 Å². The highest BCUT2D eigenvalue weighted by Gasteiger charge is 2.42. The molecule has 1 aliphatic carbocycles. The van der Waals surface area contributed by atoms with Crippen molar-refractivity contribution in [1.82, 2.24) is 15.1 Å². The lowest BCUT2D eigenvalue weighted by atomic mass is 9.94. The predicted octanol–water partition coefficient (Wildman–Crippen LogP) is 0.515. The average Bonchev–Trinajstić information content (AvgIpc) is 2.74. The van der Waals surface area contributed by atoms with Gasteiger partial charge in [0.2, 0.25) is 17.7 Å². The molecule has 1 saturated heterocycles. The van der Waals surface area contributed by atoms with E-state index in [0.717, 1.165) is 25.7 Å². The molecule has 0 radical (unpaired) electrons. The average molecular weight is 295 g/mol. The van der Waals surface area contributed by atoms with E-state index in [2.05, 4.69) is 5.32 Å². The van der Waals surface area contributed by atoms with Crippen LogP contribution >= 0.6 is 0 Å². The minimum atomic E-state index is -0.450. The van der Waals surface area contributed by atoms with Gasteiger partial charge in [0.05, 0.1) is 12.5 Å². The van der Waals surface area contributed by atoms with Crippen LogP contribution in [0.25, 0.3) is 0 Å². The fourth-order valence-corrected chi connectivity index (χ4v) is 3.11. The van der Waals surface area contributed by atoms with E-state index in [9.17, 15) is 14.4 Å². The second-order valence-corrected chi connectivity index (χ2v) is 6.14. The molecule has 0 bridgehead atoms. The van der Waals surface area contributed by atoms with Gasteiger partial charge in [-0.05, 0) is 12.8 Å². The van der Waals surface area contributed by atoms with Gasteiger partial charge < -0.3 is 10.2 Å². The van der Waals surface area contributed by atoms with Crippen molar-refractivity contribution in [1.29, 1.82) is 0 Å². The molecule has 6 nitrogen and oxygen atoms in total. The lowest BCUT2D eigenvalue weighted by molar-refractivity contribution is -0.142. The van der Waals surface area contributed by atoms with E-state index in [1.807, 2.05) is 0 Å². The Morgan fingerprint density at radius 1 is 1.24 bits per heavy atom. The van der Waals surface area contributed by atoms with E-state index in [1.54, 1.807) is 14.1 Å². The van der Waals surface area contributed by atoms with Gasteiger partial charge in [0.1, 0.15) is 0 Å². The van der Waals surface area contributed by atoms with E-state index in [1.165, 1.54) is 16.2 Å². The van der Waals surface area contributed by atoms with E-state index in [4.69, 9.17) is 0 Å². The molecular formula is C15H25N3O3. The van der Waals surface area contributed by atoms with Crippen LogP contribution in [-0.2, 0) is 14.4 Å². The molecule has 3 amide bonds. The van der Waals surface area contributed by atoms with Crippen molar-refractivity contribution in [3.63, 3.8) is 0 Å². The van der Waals surface area contributed by atoms with Gasteiger partial charge in [0.15, 0.2) is 0 Å². The Morgan fingerprint density at radius 2 is 1.90 bits per heavy atom. The molecule has 2 fully saturated rings. The molecule has 1 atom stereocenters. The minimum Gasteiger partial charge on any atom is -0.349 e. The lowest BCUT2D eigenvalue weighted by Crippen LogP contribution is -2.45. The Balaban J connectivity index is 1.84. The summed E-state index contributed by atoms with van der Waals surface area (Å²) in [5.41, 5.74) is 0. The van der Waals surface area contributed by atoms with Crippen LogP contribution in [0.5, 0.6) is 0 Å². The van der Waals surface area contributed by atoms with Crippen LogP contribution in [0.1, 0.15) is 44.9 Å². The molecule has 6 heteroatoms. The predicted molar refractivity (Wildman–Crippen MR) is 78.4 cm³/mol. The number of carbonyl (C=O) groups is 3. The Bertz CT molecular complexity index is 416. The molecule has 0 aromatic carbocycles. The number of amides is 3. The highest BCUT2D eigenvalue weighted by molar-refractivity contribution is 6.05. The first-order valence-corrected chi connectivity index (χ1v) is 7.80. The third-order valence-corrected chi connectivity index (χ3v) is 4.35. The van der Waals surface area contributed by atoms with Crippen LogP contribution in [0, 0.1) is 0 Å². The topological polar surface area (TPSA) is 69.7 Å². The molecular weight excluding hydrogens is 270 g/mol. The van der Waals surface area contributed by atoms with Gasteiger partial charge in [-0.15, -0.1) is 0 Å². The summed E-state index contributed by atoms with van der Waals surface area (Å²) in [5, 5.41) is 3.06. The Labute approximate surface area is 125 Å². The minimum absolute atomic E-state index is 0.0170. The summed E-state index contributed by atoms with van der Waals surface area (Å²) in [7, 11) is 3.41. The molecule has 2 aliphatic rings. The van der Waals surface area contributed by atoms with Gasteiger partial charge in [-0.3, -0.25) is 19.3 Å². The molecule has 0 aromatic heterocycles. The molecule has 21 heavy (non-hydrogen) atoms. The Kier molecular flexibility index (Phi) is 5.33. The summed E-state index contributed by atoms with van der Waals surface area (Å²) < 4.78 is 0. The molecule has 1 aliphatic heterocycles. The standard InChI is InChI=1S/C15H25N3O3/c1-17(2)13(19)8-9-16-12-10-14(20)18(15(12)21)11-6-4-3-5-7-11/h11-12,16H,3-10H2,1-2H3. The van der Waals surface area contributed by atoms with Gasteiger partial charge in [0.25, 0.3) is 0 Å². The van der Waals surface area contributed by atoms with Crippen molar-refractivity contribution in [2.75, 3.05) is 20.6 Å². The normalized spacial score (nSPS) is 23.7. The number of hydrogen-bond acceptors (Lipinski definition) is 4. The molecule has 1 saturated carbocycles. The smallest absolute Gasteiger partial charge is 0.247 e. The monoisotopic (exact) mass is 295 g/mol. The van der Waals surface area contributed by atoms with Crippen LogP contribution < -0.4 is 5.32 Å². The van der Waals surface area contributed by atoms with Crippen LogP contribution in [0.15, 0.2) is 0 Å². The summed E-state index contributed by atoms with van der Waals surface area (Å²) in [4.78, 5) is 39.0. The summed E-state index contributed by atoms with van der Waals surface area (Å²) in [6.07, 6.45) is 5.82. The maximum Gasteiger partial charge on any atom is 0.247 e. The second kappa shape index (κ2) is 7.02. The van der Waals surface area contributed by atoms with Gasteiger partial charge in [-0.25, -0.2) is 0 Å². The van der Waals surface area contributed by atoms with Crippen molar-refractivity contribution < 1.29 is 14.4 Å². The van der Waals surface area contributed by atoms with E-state index >= 15 is 0 Å².